The highest BCUT2D eigenvalue weighted by molar-refractivity contribution is 6.02. The monoisotopic (exact) mass is 347 g/mol. The van der Waals surface area contributed by atoms with Gasteiger partial charge in [-0.2, -0.15) is 0 Å². The van der Waals surface area contributed by atoms with Crippen molar-refractivity contribution in [2.75, 3.05) is 13.1 Å². The van der Waals surface area contributed by atoms with Crippen LogP contribution in [0.15, 0.2) is 18.2 Å². The van der Waals surface area contributed by atoms with E-state index in [2.05, 4.69) is 10.6 Å². The summed E-state index contributed by atoms with van der Waals surface area (Å²) in [6.07, 6.45) is 0.356. The molecule has 136 valence electrons. The summed E-state index contributed by atoms with van der Waals surface area (Å²) in [4.78, 5) is 36.9. The maximum atomic E-state index is 12.5. The van der Waals surface area contributed by atoms with E-state index < -0.39 is 6.09 Å². The molecule has 0 bridgehead atoms. The first-order valence-corrected chi connectivity index (χ1v) is 8.39. The van der Waals surface area contributed by atoms with Gasteiger partial charge in [0.25, 0.3) is 11.8 Å². The second kappa shape index (κ2) is 7.55. The van der Waals surface area contributed by atoms with Gasteiger partial charge in [0.15, 0.2) is 0 Å². The summed E-state index contributed by atoms with van der Waals surface area (Å²) in [5, 5.41) is 13.7. The highest BCUT2D eigenvalue weighted by atomic mass is 16.4. The predicted molar refractivity (Wildman–Crippen MR) is 93.7 cm³/mol. The van der Waals surface area contributed by atoms with Gasteiger partial charge < -0.3 is 20.6 Å². The summed E-state index contributed by atoms with van der Waals surface area (Å²) in [7, 11) is 0. The number of nitrogens with one attached hydrogen (secondary N) is 2. The Morgan fingerprint density at radius 1 is 1.24 bits per heavy atom. The van der Waals surface area contributed by atoms with E-state index in [-0.39, 0.29) is 17.4 Å². The summed E-state index contributed by atoms with van der Waals surface area (Å²) < 4.78 is 0. The third-order valence-electron chi connectivity index (χ3n) is 3.87. The molecule has 0 fully saturated rings. The number of carbonyl (C=O) groups is 3. The molecule has 1 heterocycles. The number of amides is 3. The topological polar surface area (TPSA) is 98.7 Å². The van der Waals surface area contributed by atoms with Gasteiger partial charge in [0.05, 0.1) is 0 Å². The van der Waals surface area contributed by atoms with Gasteiger partial charge in [-0.25, -0.2) is 4.79 Å². The van der Waals surface area contributed by atoms with Crippen LogP contribution in [-0.2, 0) is 6.54 Å². The Bertz CT molecular complexity index is 679. The lowest BCUT2D eigenvalue weighted by atomic mass is 10.0. The Labute approximate surface area is 147 Å². The van der Waals surface area contributed by atoms with Gasteiger partial charge in [-0.05, 0) is 51.3 Å². The van der Waals surface area contributed by atoms with E-state index in [1.807, 2.05) is 26.8 Å². The van der Waals surface area contributed by atoms with Crippen LogP contribution in [0.4, 0.5) is 4.79 Å². The lowest BCUT2D eigenvalue weighted by molar-refractivity contribution is 0.0775. The van der Waals surface area contributed by atoms with Gasteiger partial charge in [0, 0.05) is 36.3 Å². The standard InChI is InChI=1S/C18H25N3O4/c1-18(2,3)20-15(22)12-6-7-13-11-21(16(23)14(13)10-12)9-5-4-8-19-17(24)25/h6-7,10,19H,4-5,8-9,11H2,1-3H3,(H,20,22)(H,24,25). The van der Waals surface area contributed by atoms with E-state index in [4.69, 9.17) is 5.11 Å². The molecule has 3 amide bonds. The van der Waals surface area contributed by atoms with Crippen molar-refractivity contribution in [1.29, 1.82) is 0 Å². The Morgan fingerprint density at radius 2 is 1.96 bits per heavy atom. The van der Waals surface area contributed by atoms with Gasteiger partial charge in [0.2, 0.25) is 0 Å². The van der Waals surface area contributed by atoms with Crippen LogP contribution in [0.1, 0.15) is 59.9 Å². The molecule has 1 aliphatic rings. The molecule has 0 saturated carbocycles. The molecule has 1 aromatic carbocycles. The summed E-state index contributed by atoms with van der Waals surface area (Å²) >= 11 is 0. The van der Waals surface area contributed by atoms with E-state index in [0.29, 0.717) is 37.2 Å². The smallest absolute Gasteiger partial charge is 0.404 e. The summed E-state index contributed by atoms with van der Waals surface area (Å²) in [5.74, 6) is -0.270. The normalized spacial score (nSPS) is 13.6. The molecular weight excluding hydrogens is 322 g/mol. The molecule has 0 aliphatic carbocycles. The second-order valence-corrected chi connectivity index (χ2v) is 7.24. The van der Waals surface area contributed by atoms with Crippen LogP contribution < -0.4 is 10.6 Å². The zero-order chi connectivity index (χ0) is 18.6. The average molecular weight is 347 g/mol. The lowest BCUT2D eigenvalue weighted by Crippen LogP contribution is -2.40. The van der Waals surface area contributed by atoms with Crippen LogP contribution in [-0.4, -0.2) is 46.5 Å². The highest BCUT2D eigenvalue weighted by Crippen LogP contribution is 2.24. The van der Waals surface area contributed by atoms with E-state index in [9.17, 15) is 14.4 Å². The molecular formula is C18H25N3O4. The Morgan fingerprint density at radius 3 is 2.60 bits per heavy atom. The third kappa shape index (κ3) is 5.20. The minimum atomic E-state index is -1.04. The maximum absolute atomic E-state index is 12.5. The van der Waals surface area contributed by atoms with Crippen molar-refractivity contribution < 1.29 is 19.5 Å². The summed E-state index contributed by atoms with van der Waals surface area (Å²) in [6, 6.07) is 5.23. The van der Waals surface area contributed by atoms with Gasteiger partial charge in [0.1, 0.15) is 0 Å². The average Bonchev–Trinajstić information content (AvgIpc) is 2.81. The number of unbranched alkanes of at least 4 members (excludes halogenated alkanes) is 1. The number of hydrogen-bond acceptors (Lipinski definition) is 3. The number of rotatable bonds is 6. The molecule has 0 aromatic heterocycles. The minimum absolute atomic E-state index is 0.0772. The number of nitrogens with zero attached hydrogens (tertiary/aromatic N) is 1. The summed E-state index contributed by atoms with van der Waals surface area (Å²) in [6.45, 7) is 7.20. The number of carbonyl (C=O) groups excluding carboxylic acids is 2. The largest absolute Gasteiger partial charge is 0.465 e. The number of benzene rings is 1. The Balaban J connectivity index is 1.95. The fraction of sp³-hybridized carbons (Fsp3) is 0.500. The summed E-state index contributed by atoms with van der Waals surface area (Å²) in [5.41, 5.74) is 1.64. The molecule has 2 rings (SSSR count). The van der Waals surface area contributed by atoms with Crippen LogP contribution in [0.3, 0.4) is 0 Å². The number of carboxylic acid groups (broad SMARTS) is 1. The molecule has 7 nitrogen and oxygen atoms in total. The molecule has 1 aromatic rings. The van der Waals surface area contributed by atoms with Crippen molar-refractivity contribution in [3.05, 3.63) is 34.9 Å². The van der Waals surface area contributed by atoms with Crippen molar-refractivity contribution >= 4 is 17.9 Å². The lowest BCUT2D eigenvalue weighted by Gasteiger charge is -2.20. The SMILES string of the molecule is CC(C)(C)NC(=O)c1ccc2c(c1)C(=O)N(CCCCNC(=O)O)C2. The number of fused-ring (bicyclic) bond motifs is 1. The van der Waals surface area contributed by atoms with E-state index in [1.165, 1.54) is 0 Å². The molecule has 0 atom stereocenters. The second-order valence-electron chi connectivity index (χ2n) is 7.24. The van der Waals surface area contributed by atoms with Gasteiger partial charge in [-0.3, -0.25) is 9.59 Å². The van der Waals surface area contributed by atoms with Crippen molar-refractivity contribution in [3.63, 3.8) is 0 Å². The molecule has 0 unspecified atom stereocenters. The zero-order valence-corrected chi connectivity index (χ0v) is 14.9. The van der Waals surface area contributed by atoms with E-state index in [0.717, 1.165) is 12.0 Å². The molecule has 0 radical (unpaired) electrons. The first kappa shape index (κ1) is 18.8. The van der Waals surface area contributed by atoms with Crippen molar-refractivity contribution in [3.8, 4) is 0 Å². The maximum Gasteiger partial charge on any atom is 0.404 e. The van der Waals surface area contributed by atoms with Crippen LogP contribution in [0.25, 0.3) is 0 Å². The molecule has 1 aliphatic heterocycles. The zero-order valence-electron chi connectivity index (χ0n) is 14.9. The molecule has 0 saturated heterocycles. The van der Waals surface area contributed by atoms with E-state index >= 15 is 0 Å². The van der Waals surface area contributed by atoms with Gasteiger partial charge in [-0.15, -0.1) is 0 Å². The molecule has 3 N–H and O–H groups in total. The van der Waals surface area contributed by atoms with Crippen LogP contribution >= 0.6 is 0 Å². The van der Waals surface area contributed by atoms with E-state index in [1.54, 1.807) is 17.0 Å². The predicted octanol–water partition coefficient (Wildman–Crippen LogP) is 2.22. The fourth-order valence-electron chi connectivity index (χ4n) is 2.72. The first-order chi connectivity index (χ1) is 11.7. The van der Waals surface area contributed by atoms with Gasteiger partial charge >= 0.3 is 6.09 Å². The Kier molecular flexibility index (Phi) is 5.66. The number of hydrogen-bond donors (Lipinski definition) is 3. The first-order valence-electron chi connectivity index (χ1n) is 8.39. The van der Waals surface area contributed by atoms with Crippen molar-refractivity contribution in [2.24, 2.45) is 0 Å². The van der Waals surface area contributed by atoms with Crippen LogP contribution in [0.5, 0.6) is 0 Å². The van der Waals surface area contributed by atoms with Crippen molar-refractivity contribution in [1.82, 2.24) is 15.5 Å². The molecule has 0 spiro atoms. The van der Waals surface area contributed by atoms with Crippen molar-refractivity contribution in [2.45, 2.75) is 45.7 Å². The minimum Gasteiger partial charge on any atom is -0.465 e. The van der Waals surface area contributed by atoms with Gasteiger partial charge in [-0.1, -0.05) is 6.07 Å². The quantitative estimate of drug-likeness (QED) is 0.687. The molecule has 7 heteroatoms. The van der Waals surface area contributed by atoms with Crippen LogP contribution in [0.2, 0.25) is 0 Å². The third-order valence-corrected chi connectivity index (χ3v) is 3.87. The highest BCUT2D eigenvalue weighted by Gasteiger charge is 2.28. The Hall–Kier alpha value is -2.57. The molecule has 25 heavy (non-hydrogen) atoms. The fourth-order valence-corrected chi connectivity index (χ4v) is 2.72. The van der Waals surface area contributed by atoms with Crippen LogP contribution in [0, 0.1) is 0 Å².